The van der Waals surface area contributed by atoms with Gasteiger partial charge in [-0.2, -0.15) is 13.2 Å². The minimum absolute atomic E-state index is 0.00828. The second-order valence-electron chi connectivity index (χ2n) is 19.2. The van der Waals surface area contributed by atoms with Crippen LogP contribution in [0.4, 0.5) is 13.2 Å². The van der Waals surface area contributed by atoms with Gasteiger partial charge in [0.05, 0.1) is 46.6 Å². The molecule has 11 nitrogen and oxygen atoms in total. The molecule has 2 aromatic carbocycles. The van der Waals surface area contributed by atoms with Gasteiger partial charge in [-0.05, 0) is 107 Å². The number of allylic oxidation sites excluding steroid dienone is 2. The van der Waals surface area contributed by atoms with Crippen LogP contribution in [0.2, 0.25) is 0 Å². The lowest BCUT2D eigenvalue weighted by molar-refractivity contribution is -0.142. The molecular weight excluding hydrogens is 878 g/mol. The van der Waals surface area contributed by atoms with Crippen molar-refractivity contribution < 1.29 is 45.4 Å². The summed E-state index contributed by atoms with van der Waals surface area (Å²) in [6.45, 7) is 9.21. The van der Waals surface area contributed by atoms with E-state index in [2.05, 4.69) is 18.6 Å². The molecule has 0 bridgehead atoms. The molecule has 5 atom stereocenters. The molecule has 0 spiro atoms. The molecule has 348 valence electrons. The molecule has 4 heterocycles. The van der Waals surface area contributed by atoms with Gasteiger partial charge in [0.1, 0.15) is 28.3 Å². The lowest BCUT2D eigenvalue weighted by atomic mass is 9.89. The largest absolute Gasteiger partial charge is 0.496 e. The van der Waals surface area contributed by atoms with Crippen LogP contribution < -0.4 is 14.2 Å². The van der Waals surface area contributed by atoms with Gasteiger partial charge in [-0.25, -0.2) is 18.4 Å². The number of alkyl halides is 3. The maximum absolute atomic E-state index is 15.1. The van der Waals surface area contributed by atoms with Gasteiger partial charge < -0.3 is 14.4 Å². The molecule has 2 aliphatic carbocycles. The van der Waals surface area contributed by atoms with E-state index in [0.29, 0.717) is 76.3 Å². The van der Waals surface area contributed by atoms with Gasteiger partial charge in [-0.15, -0.1) is 11.3 Å². The second kappa shape index (κ2) is 17.8. The van der Waals surface area contributed by atoms with Gasteiger partial charge in [0.15, 0.2) is 5.78 Å². The maximum Gasteiger partial charge on any atom is 0.416 e. The molecule has 3 fully saturated rings. The molecular formula is C49H57F3N4O7S2. The number of Topliss-reactive ketones (excluding diaryl/α,β-unsaturated/α-hetero) is 1. The minimum Gasteiger partial charge on any atom is -0.496 e. The number of sulfonamides is 1. The van der Waals surface area contributed by atoms with E-state index in [1.165, 1.54) is 16.2 Å². The monoisotopic (exact) mass is 934 g/mol. The molecule has 16 heteroatoms. The van der Waals surface area contributed by atoms with E-state index in [9.17, 15) is 31.2 Å². The number of ketones is 1. The fourth-order valence-corrected chi connectivity index (χ4v) is 11.8. The highest BCUT2D eigenvalue weighted by Gasteiger charge is 2.62. The van der Waals surface area contributed by atoms with Gasteiger partial charge in [0.25, 0.3) is 0 Å². The van der Waals surface area contributed by atoms with Crippen molar-refractivity contribution in [1.82, 2.24) is 19.6 Å². The van der Waals surface area contributed by atoms with Crippen molar-refractivity contribution in [2.24, 2.45) is 17.3 Å². The first kappa shape index (κ1) is 46.7. The smallest absolute Gasteiger partial charge is 0.416 e. The fourth-order valence-electron chi connectivity index (χ4n) is 9.50. The van der Waals surface area contributed by atoms with Crippen molar-refractivity contribution in [2.45, 2.75) is 134 Å². The molecule has 2 aliphatic heterocycles. The maximum atomic E-state index is 15.1. The molecule has 0 radical (unpaired) electrons. The quantitative estimate of drug-likeness (QED) is 0.154. The van der Waals surface area contributed by atoms with E-state index < -0.39 is 61.7 Å². The molecule has 2 saturated carbocycles. The summed E-state index contributed by atoms with van der Waals surface area (Å²) in [4.78, 5) is 55.6. The summed E-state index contributed by atoms with van der Waals surface area (Å²) in [5.74, 6) is -1.35. The Morgan fingerprint density at radius 3 is 2.51 bits per heavy atom. The van der Waals surface area contributed by atoms with Crippen molar-refractivity contribution in [2.75, 3.05) is 13.7 Å². The topological polar surface area (TPSA) is 145 Å². The van der Waals surface area contributed by atoms with Crippen LogP contribution in [0.3, 0.4) is 0 Å². The Morgan fingerprint density at radius 1 is 1.05 bits per heavy atom. The van der Waals surface area contributed by atoms with Crippen LogP contribution in [0.25, 0.3) is 21.6 Å². The van der Waals surface area contributed by atoms with Crippen LogP contribution in [0.5, 0.6) is 11.5 Å². The van der Waals surface area contributed by atoms with Crippen molar-refractivity contribution in [3.05, 3.63) is 81.9 Å². The third kappa shape index (κ3) is 9.57. The number of hydrogen-bond acceptors (Lipinski definition) is 10. The summed E-state index contributed by atoms with van der Waals surface area (Å²) in [5, 5.41) is 3.37. The van der Waals surface area contributed by atoms with Crippen molar-refractivity contribution in [1.29, 1.82) is 0 Å². The third-order valence-corrected chi connectivity index (χ3v) is 16.9. The Balaban J connectivity index is 1.17. The predicted molar refractivity (Wildman–Crippen MR) is 243 cm³/mol. The van der Waals surface area contributed by atoms with Gasteiger partial charge in [-0.1, -0.05) is 50.5 Å². The van der Waals surface area contributed by atoms with Crippen molar-refractivity contribution >= 4 is 49.9 Å². The van der Waals surface area contributed by atoms with E-state index in [0.717, 1.165) is 36.2 Å². The number of halogens is 3. The van der Waals surface area contributed by atoms with Crippen LogP contribution in [-0.2, 0) is 37.0 Å². The van der Waals surface area contributed by atoms with Crippen LogP contribution in [-0.4, -0.2) is 71.4 Å². The van der Waals surface area contributed by atoms with E-state index in [1.54, 1.807) is 27.0 Å². The summed E-state index contributed by atoms with van der Waals surface area (Å²) < 4.78 is 82.6. The number of hydrogen-bond donors (Lipinski definition) is 1. The number of thiazole rings is 1. The van der Waals surface area contributed by atoms with Gasteiger partial charge in [0, 0.05) is 41.2 Å². The first-order valence-electron chi connectivity index (χ1n) is 22.6. The molecule has 0 unspecified atom stereocenters. The highest BCUT2D eigenvalue weighted by Crippen LogP contribution is 2.58. The first-order chi connectivity index (χ1) is 30.7. The Labute approximate surface area is 382 Å². The third-order valence-electron chi connectivity index (χ3n) is 13.9. The lowest BCUT2D eigenvalue weighted by Crippen LogP contribution is -2.47. The zero-order chi connectivity index (χ0) is 46.6. The standard InChI is InChI=1S/C49H57F3N4O7S2/c1-28(2)38-27-64-44(54-38)37-23-42(36-14-15-41(62-6)30(4)43(36)53-37)63-35-22-39-40(57)25-48(46(59)55-65(60,61)47(5)16-17-47)24-33(48)13-11-9-7-8-10-12-32(45(58)56(39)26-35)20-31-18-29(3)19-34(21-31)49(50,51)52/h11,13-15,18-19,21,23,27-28,32-33,35,39H,7-10,12,16-17,20,22,24-26H2,1-6H3,(H,55,59)/b13-11-/t32-,33+,35-,39+,48-/m1/s1. The summed E-state index contributed by atoms with van der Waals surface area (Å²) in [7, 11) is -2.43. The van der Waals surface area contributed by atoms with Crippen molar-refractivity contribution in [3.8, 4) is 22.2 Å². The number of pyridine rings is 1. The SMILES string of the molecule is COc1ccc2c(O[C@@H]3C[C@H]4C(=O)C[C@]5(C(=O)NS(=O)(=O)C6(C)CC6)C[C@@H]5/C=C\CCCCC[C@H](Cc5cc(C)cc(C(F)(F)F)c5)C(=O)N4C3)cc(-c3nc(C(C)C)cs3)nc2c1C. The van der Waals surface area contributed by atoms with Crippen molar-refractivity contribution in [3.63, 3.8) is 0 Å². The zero-order valence-corrected chi connectivity index (χ0v) is 39.4. The summed E-state index contributed by atoms with van der Waals surface area (Å²) in [5.41, 5.74) is 1.58. The normalized spacial score (nSPS) is 25.4. The van der Waals surface area contributed by atoms with Gasteiger partial charge in [0.2, 0.25) is 21.8 Å². The molecule has 4 aromatic rings. The number of nitrogens with one attached hydrogen (secondary N) is 1. The molecule has 4 aliphatic rings. The summed E-state index contributed by atoms with van der Waals surface area (Å²) in [6, 6.07) is 8.29. The van der Waals surface area contributed by atoms with Crippen LogP contribution >= 0.6 is 11.3 Å². The number of carbonyl (C=O) groups is 3. The Morgan fingerprint density at radius 2 is 1.82 bits per heavy atom. The Hall–Kier alpha value is -4.83. The number of ether oxygens (including phenoxy) is 2. The number of aromatic nitrogens is 2. The number of amides is 2. The van der Waals surface area contributed by atoms with E-state index in [4.69, 9.17) is 19.4 Å². The number of aryl methyl sites for hydroxylation is 2. The van der Waals surface area contributed by atoms with Crippen LogP contribution in [0, 0.1) is 31.1 Å². The number of methoxy groups -OCH3 is 1. The molecule has 2 aromatic heterocycles. The number of benzene rings is 2. The fraction of sp³-hybridized carbons (Fsp3) is 0.531. The van der Waals surface area contributed by atoms with Crippen LogP contribution in [0.1, 0.15) is 119 Å². The van der Waals surface area contributed by atoms with Gasteiger partial charge in [-0.3, -0.25) is 19.1 Å². The number of fused-ring (bicyclic) bond motifs is 3. The zero-order valence-electron chi connectivity index (χ0n) is 37.7. The Bertz CT molecular complexity index is 2660. The summed E-state index contributed by atoms with van der Waals surface area (Å²) >= 11 is 1.46. The predicted octanol–water partition coefficient (Wildman–Crippen LogP) is 9.82. The molecule has 65 heavy (non-hydrogen) atoms. The van der Waals surface area contributed by atoms with Gasteiger partial charge >= 0.3 is 6.18 Å². The Kier molecular flexibility index (Phi) is 12.8. The highest BCUT2D eigenvalue weighted by atomic mass is 32.2. The van der Waals surface area contributed by atoms with Crippen LogP contribution in [0.15, 0.2) is 53.9 Å². The lowest BCUT2D eigenvalue weighted by Gasteiger charge is -2.29. The molecule has 1 saturated heterocycles. The number of rotatable bonds is 10. The van der Waals surface area contributed by atoms with E-state index >= 15 is 4.79 Å². The average molecular weight is 935 g/mol. The second-order valence-corrected chi connectivity index (χ2v) is 22.2. The molecule has 2 amide bonds. The average Bonchev–Trinajstić information content (AvgIpc) is 4.02. The first-order valence-corrected chi connectivity index (χ1v) is 24.9. The molecule has 8 rings (SSSR count). The van der Waals surface area contributed by atoms with E-state index in [-0.39, 0.29) is 50.0 Å². The molecule has 1 N–H and O–H groups in total. The number of carbonyl (C=O) groups excluding carboxylic acids is 3. The number of nitrogens with zero attached hydrogens (tertiary/aromatic N) is 3. The minimum atomic E-state index is -4.58. The summed E-state index contributed by atoms with van der Waals surface area (Å²) in [6.07, 6.45) is 2.72. The highest BCUT2D eigenvalue weighted by molar-refractivity contribution is 7.91. The van der Waals surface area contributed by atoms with E-state index in [1.807, 2.05) is 42.7 Å².